The number of nitrogens with two attached hydrogens (primary N) is 1. The standard InChI is InChI=1S/C14H20N2/c15-14-4-3-12-7-11(8-13(12)14)6-10-2-1-5-16-9-10/h1-2,5,9,11-14H,3-4,6-8,15H2. The van der Waals surface area contributed by atoms with Crippen LogP contribution in [-0.2, 0) is 6.42 Å². The predicted molar refractivity (Wildman–Crippen MR) is 64.9 cm³/mol. The van der Waals surface area contributed by atoms with E-state index in [2.05, 4.69) is 11.1 Å². The minimum absolute atomic E-state index is 0.490. The van der Waals surface area contributed by atoms with Crippen molar-refractivity contribution in [1.82, 2.24) is 4.98 Å². The number of nitrogens with zero attached hydrogens (tertiary/aromatic N) is 1. The summed E-state index contributed by atoms with van der Waals surface area (Å²) >= 11 is 0. The van der Waals surface area contributed by atoms with Crippen LogP contribution in [0.15, 0.2) is 24.5 Å². The third kappa shape index (κ3) is 1.86. The van der Waals surface area contributed by atoms with Gasteiger partial charge in [0.2, 0.25) is 0 Å². The number of rotatable bonds is 2. The fraction of sp³-hybridized carbons (Fsp3) is 0.643. The molecule has 0 saturated heterocycles. The lowest BCUT2D eigenvalue weighted by Gasteiger charge is -2.14. The summed E-state index contributed by atoms with van der Waals surface area (Å²) in [5.74, 6) is 2.60. The first kappa shape index (κ1) is 10.3. The van der Waals surface area contributed by atoms with Crippen molar-refractivity contribution in [2.75, 3.05) is 0 Å². The highest BCUT2D eigenvalue weighted by molar-refractivity contribution is 5.10. The van der Waals surface area contributed by atoms with E-state index in [9.17, 15) is 0 Å². The van der Waals surface area contributed by atoms with E-state index in [1.54, 1.807) is 0 Å². The maximum Gasteiger partial charge on any atom is 0.0299 e. The zero-order chi connectivity index (χ0) is 11.0. The van der Waals surface area contributed by atoms with Crippen LogP contribution in [0.25, 0.3) is 0 Å². The molecule has 1 aromatic heterocycles. The Morgan fingerprint density at radius 3 is 3.00 bits per heavy atom. The van der Waals surface area contributed by atoms with Gasteiger partial charge in [-0.15, -0.1) is 0 Å². The Balaban J connectivity index is 1.63. The maximum atomic E-state index is 6.16. The highest BCUT2D eigenvalue weighted by atomic mass is 14.7. The topological polar surface area (TPSA) is 38.9 Å². The van der Waals surface area contributed by atoms with Gasteiger partial charge in [-0.1, -0.05) is 6.07 Å². The van der Waals surface area contributed by atoms with E-state index in [4.69, 9.17) is 5.73 Å². The quantitative estimate of drug-likeness (QED) is 0.824. The molecule has 2 nitrogen and oxygen atoms in total. The fourth-order valence-corrected chi connectivity index (χ4v) is 3.77. The third-order valence-corrected chi connectivity index (χ3v) is 4.51. The van der Waals surface area contributed by atoms with Gasteiger partial charge in [-0.2, -0.15) is 0 Å². The molecule has 0 aromatic carbocycles. The molecule has 16 heavy (non-hydrogen) atoms. The van der Waals surface area contributed by atoms with E-state index < -0.39 is 0 Å². The van der Waals surface area contributed by atoms with Crippen LogP contribution >= 0.6 is 0 Å². The van der Waals surface area contributed by atoms with Crippen molar-refractivity contribution in [3.05, 3.63) is 30.1 Å². The second-order valence-electron chi connectivity index (χ2n) is 5.57. The molecule has 86 valence electrons. The molecule has 0 radical (unpaired) electrons. The van der Waals surface area contributed by atoms with Crippen molar-refractivity contribution < 1.29 is 0 Å². The van der Waals surface area contributed by atoms with Crippen LogP contribution < -0.4 is 5.73 Å². The average Bonchev–Trinajstić information content (AvgIpc) is 2.83. The van der Waals surface area contributed by atoms with E-state index >= 15 is 0 Å². The smallest absolute Gasteiger partial charge is 0.0299 e. The highest BCUT2D eigenvalue weighted by Crippen LogP contribution is 2.47. The Hall–Kier alpha value is -0.890. The second kappa shape index (κ2) is 4.17. The number of hydrogen-bond donors (Lipinski definition) is 1. The molecule has 4 unspecified atom stereocenters. The summed E-state index contributed by atoms with van der Waals surface area (Å²) in [6.07, 6.45) is 10.4. The summed E-state index contributed by atoms with van der Waals surface area (Å²) in [5, 5.41) is 0. The van der Waals surface area contributed by atoms with E-state index in [0.29, 0.717) is 6.04 Å². The van der Waals surface area contributed by atoms with E-state index in [1.807, 2.05) is 18.5 Å². The SMILES string of the molecule is NC1CCC2CC(Cc3cccnc3)CC12. The summed E-state index contributed by atoms with van der Waals surface area (Å²) < 4.78 is 0. The minimum atomic E-state index is 0.490. The summed E-state index contributed by atoms with van der Waals surface area (Å²) in [7, 11) is 0. The van der Waals surface area contributed by atoms with Gasteiger partial charge in [0.05, 0.1) is 0 Å². The lowest BCUT2D eigenvalue weighted by atomic mass is 9.95. The molecule has 2 aliphatic carbocycles. The largest absolute Gasteiger partial charge is 0.327 e. The molecule has 2 heteroatoms. The third-order valence-electron chi connectivity index (χ3n) is 4.51. The Bertz CT molecular complexity index is 349. The van der Waals surface area contributed by atoms with Crippen LogP contribution in [0.1, 0.15) is 31.2 Å². The lowest BCUT2D eigenvalue weighted by Crippen LogP contribution is -2.25. The monoisotopic (exact) mass is 216 g/mol. The Morgan fingerprint density at radius 1 is 1.31 bits per heavy atom. The number of pyridine rings is 1. The molecule has 2 N–H and O–H groups in total. The molecule has 1 heterocycles. The summed E-state index contributed by atoms with van der Waals surface area (Å²) in [5.41, 5.74) is 7.55. The van der Waals surface area contributed by atoms with Crippen LogP contribution in [0.4, 0.5) is 0 Å². The normalized spacial score (nSPS) is 37.6. The zero-order valence-electron chi connectivity index (χ0n) is 9.68. The van der Waals surface area contributed by atoms with Crippen molar-refractivity contribution in [3.63, 3.8) is 0 Å². The van der Waals surface area contributed by atoms with Crippen molar-refractivity contribution in [2.45, 2.75) is 38.1 Å². The first-order valence-corrected chi connectivity index (χ1v) is 6.47. The fourth-order valence-electron chi connectivity index (χ4n) is 3.77. The molecule has 1 aromatic rings. The van der Waals surface area contributed by atoms with Gasteiger partial charge in [0.15, 0.2) is 0 Å². The molecular weight excluding hydrogens is 196 g/mol. The molecule has 2 saturated carbocycles. The van der Waals surface area contributed by atoms with Crippen molar-refractivity contribution in [2.24, 2.45) is 23.5 Å². The average molecular weight is 216 g/mol. The van der Waals surface area contributed by atoms with Crippen LogP contribution in [-0.4, -0.2) is 11.0 Å². The molecule has 2 fully saturated rings. The number of fused-ring (bicyclic) bond motifs is 1. The molecule has 4 atom stereocenters. The van der Waals surface area contributed by atoms with Crippen LogP contribution in [0.3, 0.4) is 0 Å². The summed E-state index contributed by atoms with van der Waals surface area (Å²) in [6.45, 7) is 0. The molecule has 0 amide bonds. The zero-order valence-corrected chi connectivity index (χ0v) is 9.68. The van der Waals surface area contributed by atoms with Crippen molar-refractivity contribution in [1.29, 1.82) is 0 Å². The number of aromatic nitrogens is 1. The highest BCUT2D eigenvalue weighted by Gasteiger charge is 2.41. The van der Waals surface area contributed by atoms with E-state index in [0.717, 1.165) is 17.8 Å². The van der Waals surface area contributed by atoms with Gasteiger partial charge in [-0.3, -0.25) is 4.98 Å². The van der Waals surface area contributed by atoms with Gasteiger partial charge in [-0.05, 0) is 61.5 Å². The maximum absolute atomic E-state index is 6.16. The second-order valence-corrected chi connectivity index (χ2v) is 5.57. The van der Waals surface area contributed by atoms with Gasteiger partial charge in [0.1, 0.15) is 0 Å². The van der Waals surface area contributed by atoms with Gasteiger partial charge in [0.25, 0.3) is 0 Å². The molecule has 0 bridgehead atoms. The molecule has 3 rings (SSSR count). The molecular formula is C14H20N2. The van der Waals surface area contributed by atoms with Crippen molar-refractivity contribution >= 4 is 0 Å². The van der Waals surface area contributed by atoms with E-state index in [1.165, 1.54) is 37.7 Å². The molecule has 0 aliphatic heterocycles. The van der Waals surface area contributed by atoms with Crippen molar-refractivity contribution in [3.8, 4) is 0 Å². The Kier molecular flexibility index (Phi) is 2.68. The first-order valence-electron chi connectivity index (χ1n) is 6.47. The molecule has 0 spiro atoms. The minimum Gasteiger partial charge on any atom is -0.327 e. The van der Waals surface area contributed by atoms with Gasteiger partial charge in [0, 0.05) is 18.4 Å². The lowest BCUT2D eigenvalue weighted by molar-refractivity contribution is 0.416. The Morgan fingerprint density at radius 2 is 2.25 bits per heavy atom. The van der Waals surface area contributed by atoms with Crippen LogP contribution in [0.2, 0.25) is 0 Å². The van der Waals surface area contributed by atoms with E-state index in [-0.39, 0.29) is 0 Å². The molecule has 2 aliphatic rings. The van der Waals surface area contributed by atoms with Crippen LogP contribution in [0, 0.1) is 17.8 Å². The van der Waals surface area contributed by atoms with Gasteiger partial charge in [-0.25, -0.2) is 0 Å². The van der Waals surface area contributed by atoms with Gasteiger partial charge < -0.3 is 5.73 Å². The number of hydrogen-bond acceptors (Lipinski definition) is 2. The summed E-state index contributed by atoms with van der Waals surface area (Å²) in [4.78, 5) is 4.19. The van der Waals surface area contributed by atoms with Crippen LogP contribution in [0.5, 0.6) is 0 Å². The summed E-state index contributed by atoms with van der Waals surface area (Å²) in [6, 6.07) is 4.72. The Labute approximate surface area is 97.3 Å². The first-order chi connectivity index (χ1) is 7.83. The van der Waals surface area contributed by atoms with Gasteiger partial charge >= 0.3 is 0 Å². The predicted octanol–water partition coefficient (Wildman–Crippen LogP) is 2.39.